The van der Waals surface area contributed by atoms with Crippen LogP contribution in [-0.2, 0) is 11.8 Å². The van der Waals surface area contributed by atoms with Crippen molar-refractivity contribution in [3.63, 3.8) is 0 Å². The molecule has 0 atom stereocenters. The molecule has 0 spiro atoms. The van der Waals surface area contributed by atoms with Gasteiger partial charge in [-0.1, -0.05) is 35.5 Å². The van der Waals surface area contributed by atoms with Crippen LogP contribution in [0.1, 0.15) is 5.56 Å². The summed E-state index contributed by atoms with van der Waals surface area (Å²) in [5.74, 6) is 0.695. The first-order valence-electron chi connectivity index (χ1n) is 7.23. The van der Waals surface area contributed by atoms with Crippen LogP contribution in [0.15, 0.2) is 29.4 Å². The van der Waals surface area contributed by atoms with Crippen molar-refractivity contribution < 1.29 is 9.59 Å². The van der Waals surface area contributed by atoms with Crippen molar-refractivity contribution in [2.24, 2.45) is 7.05 Å². The standard InChI is InChI=1S/C15H17N5O2S/c1-10-4-3-5-11(8-10)13-17-18-15(19(13)2)23-9-12(21)20-7-6-16-14(20)22/h3-5,8H,6-7,9H2,1-2H3,(H,16,22). The average Bonchev–Trinajstić information content (AvgIpc) is 3.11. The first-order chi connectivity index (χ1) is 11.1. The van der Waals surface area contributed by atoms with Gasteiger partial charge < -0.3 is 9.88 Å². The number of nitrogens with zero attached hydrogens (tertiary/aromatic N) is 4. The van der Waals surface area contributed by atoms with E-state index in [1.807, 2.05) is 42.8 Å². The van der Waals surface area contributed by atoms with Gasteiger partial charge in [0.25, 0.3) is 0 Å². The minimum atomic E-state index is -0.325. The second-order valence-electron chi connectivity index (χ2n) is 5.30. The Hall–Kier alpha value is -2.35. The van der Waals surface area contributed by atoms with Crippen LogP contribution in [0, 0.1) is 6.92 Å². The lowest BCUT2D eigenvalue weighted by Crippen LogP contribution is -2.35. The maximum Gasteiger partial charge on any atom is 0.324 e. The largest absolute Gasteiger partial charge is 0.336 e. The fourth-order valence-corrected chi connectivity index (χ4v) is 3.18. The number of imide groups is 1. The van der Waals surface area contributed by atoms with Gasteiger partial charge in [0.15, 0.2) is 11.0 Å². The van der Waals surface area contributed by atoms with E-state index in [2.05, 4.69) is 15.5 Å². The molecule has 0 saturated carbocycles. The highest BCUT2D eigenvalue weighted by Crippen LogP contribution is 2.23. The summed E-state index contributed by atoms with van der Waals surface area (Å²) < 4.78 is 1.86. The third kappa shape index (κ3) is 3.21. The van der Waals surface area contributed by atoms with E-state index in [1.54, 1.807) is 0 Å². The lowest BCUT2D eigenvalue weighted by Gasteiger charge is -2.11. The molecule has 2 aromatic rings. The third-order valence-corrected chi connectivity index (χ3v) is 4.60. The zero-order valence-electron chi connectivity index (χ0n) is 12.9. The summed E-state index contributed by atoms with van der Waals surface area (Å²) in [6.07, 6.45) is 0. The summed E-state index contributed by atoms with van der Waals surface area (Å²) in [6, 6.07) is 7.69. The number of aromatic nitrogens is 3. The van der Waals surface area contributed by atoms with Crippen LogP contribution in [-0.4, -0.2) is 50.4 Å². The molecule has 0 radical (unpaired) electrons. The van der Waals surface area contributed by atoms with Crippen molar-refractivity contribution in [2.45, 2.75) is 12.1 Å². The molecular weight excluding hydrogens is 314 g/mol. The molecule has 3 rings (SSSR count). The van der Waals surface area contributed by atoms with E-state index in [1.165, 1.54) is 16.7 Å². The van der Waals surface area contributed by atoms with Gasteiger partial charge in [-0.05, 0) is 13.0 Å². The number of hydrogen-bond acceptors (Lipinski definition) is 5. The molecule has 3 amide bonds. The van der Waals surface area contributed by atoms with Gasteiger partial charge in [0, 0.05) is 25.7 Å². The Kier molecular flexibility index (Phi) is 4.33. The van der Waals surface area contributed by atoms with Crippen molar-refractivity contribution in [1.82, 2.24) is 25.0 Å². The molecule has 1 aliphatic rings. The fraction of sp³-hybridized carbons (Fsp3) is 0.333. The number of carbonyl (C=O) groups is 2. The van der Waals surface area contributed by atoms with E-state index >= 15 is 0 Å². The van der Waals surface area contributed by atoms with Crippen LogP contribution in [0.3, 0.4) is 0 Å². The summed E-state index contributed by atoms with van der Waals surface area (Å²) in [5.41, 5.74) is 2.13. The Balaban J connectivity index is 1.70. The Morgan fingerprint density at radius 1 is 1.39 bits per heavy atom. The van der Waals surface area contributed by atoms with E-state index in [0.29, 0.717) is 18.2 Å². The molecule has 0 aliphatic carbocycles. The van der Waals surface area contributed by atoms with Crippen molar-refractivity contribution in [2.75, 3.05) is 18.8 Å². The van der Waals surface area contributed by atoms with Crippen molar-refractivity contribution >= 4 is 23.7 Å². The highest BCUT2D eigenvalue weighted by molar-refractivity contribution is 7.99. The van der Waals surface area contributed by atoms with Gasteiger partial charge in [-0.2, -0.15) is 0 Å². The van der Waals surface area contributed by atoms with Gasteiger partial charge in [0.2, 0.25) is 5.91 Å². The molecule has 2 heterocycles. The number of rotatable bonds is 4. The molecule has 1 N–H and O–H groups in total. The highest BCUT2D eigenvalue weighted by atomic mass is 32.2. The number of benzene rings is 1. The molecule has 1 fully saturated rings. The average molecular weight is 331 g/mol. The molecule has 120 valence electrons. The molecule has 1 saturated heterocycles. The van der Waals surface area contributed by atoms with Crippen LogP contribution < -0.4 is 5.32 Å². The van der Waals surface area contributed by atoms with E-state index in [4.69, 9.17) is 0 Å². The predicted molar refractivity (Wildman–Crippen MR) is 87.0 cm³/mol. The second-order valence-corrected chi connectivity index (χ2v) is 6.24. The molecule has 7 nitrogen and oxygen atoms in total. The lowest BCUT2D eigenvalue weighted by molar-refractivity contribution is -0.124. The van der Waals surface area contributed by atoms with E-state index in [-0.39, 0.29) is 17.7 Å². The summed E-state index contributed by atoms with van der Waals surface area (Å²) in [4.78, 5) is 24.7. The van der Waals surface area contributed by atoms with Crippen LogP contribution in [0.4, 0.5) is 4.79 Å². The fourth-order valence-electron chi connectivity index (χ4n) is 2.39. The SMILES string of the molecule is Cc1cccc(-c2nnc(SCC(=O)N3CCNC3=O)n2C)c1. The number of nitrogens with one attached hydrogen (secondary N) is 1. The smallest absolute Gasteiger partial charge is 0.324 e. The topological polar surface area (TPSA) is 80.1 Å². The quantitative estimate of drug-likeness (QED) is 0.858. The normalized spacial score (nSPS) is 14.2. The van der Waals surface area contributed by atoms with Gasteiger partial charge in [-0.15, -0.1) is 10.2 Å². The number of amides is 3. The molecule has 0 bridgehead atoms. The van der Waals surface area contributed by atoms with Gasteiger partial charge in [-0.25, -0.2) is 4.79 Å². The van der Waals surface area contributed by atoms with Crippen LogP contribution >= 0.6 is 11.8 Å². The molecule has 8 heteroatoms. The monoisotopic (exact) mass is 331 g/mol. The minimum absolute atomic E-state index is 0.160. The number of thioether (sulfide) groups is 1. The number of urea groups is 1. The first-order valence-corrected chi connectivity index (χ1v) is 8.22. The van der Waals surface area contributed by atoms with E-state index < -0.39 is 0 Å². The third-order valence-electron chi connectivity index (χ3n) is 3.59. The molecule has 1 aromatic heterocycles. The molecule has 23 heavy (non-hydrogen) atoms. The maximum atomic E-state index is 12.0. The van der Waals surface area contributed by atoms with E-state index in [0.717, 1.165) is 17.0 Å². The maximum absolute atomic E-state index is 12.0. The summed E-state index contributed by atoms with van der Waals surface area (Å²) in [7, 11) is 1.87. The lowest BCUT2D eigenvalue weighted by atomic mass is 10.1. The number of carbonyl (C=O) groups excluding carboxylic acids is 2. The highest BCUT2D eigenvalue weighted by Gasteiger charge is 2.26. The van der Waals surface area contributed by atoms with Crippen LogP contribution in [0.25, 0.3) is 11.4 Å². The summed E-state index contributed by atoms with van der Waals surface area (Å²) in [6.45, 7) is 2.96. The zero-order valence-corrected chi connectivity index (χ0v) is 13.8. The van der Waals surface area contributed by atoms with E-state index in [9.17, 15) is 9.59 Å². The molecule has 1 aromatic carbocycles. The molecule has 0 unspecified atom stereocenters. The second kappa shape index (κ2) is 6.41. The Morgan fingerprint density at radius 2 is 2.22 bits per heavy atom. The Labute approximate surface area is 138 Å². The summed E-state index contributed by atoms with van der Waals surface area (Å²) in [5, 5.41) is 11.6. The first kappa shape index (κ1) is 15.5. The predicted octanol–water partition coefficient (Wildman–Crippen LogP) is 1.43. The van der Waals surface area contributed by atoms with Crippen molar-refractivity contribution in [3.05, 3.63) is 29.8 Å². The van der Waals surface area contributed by atoms with Gasteiger partial charge in [-0.3, -0.25) is 9.69 Å². The van der Waals surface area contributed by atoms with Crippen LogP contribution in [0.5, 0.6) is 0 Å². The Bertz CT molecular complexity index is 758. The van der Waals surface area contributed by atoms with Gasteiger partial charge in [0.1, 0.15) is 0 Å². The van der Waals surface area contributed by atoms with Crippen LogP contribution in [0.2, 0.25) is 0 Å². The summed E-state index contributed by atoms with van der Waals surface area (Å²) >= 11 is 1.28. The van der Waals surface area contributed by atoms with Gasteiger partial charge >= 0.3 is 6.03 Å². The van der Waals surface area contributed by atoms with Gasteiger partial charge in [0.05, 0.1) is 5.75 Å². The minimum Gasteiger partial charge on any atom is -0.336 e. The Morgan fingerprint density at radius 3 is 2.91 bits per heavy atom. The number of hydrogen-bond donors (Lipinski definition) is 1. The molecular formula is C15H17N5O2S. The number of aryl methyl sites for hydroxylation is 1. The van der Waals surface area contributed by atoms with Crippen molar-refractivity contribution in [1.29, 1.82) is 0 Å². The molecule has 1 aliphatic heterocycles. The van der Waals surface area contributed by atoms with Crippen molar-refractivity contribution in [3.8, 4) is 11.4 Å². The zero-order chi connectivity index (χ0) is 16.4.